The van der Waals surface area contributed by atoms with Crippen molar-refractivity contribution in [1.82, 2.24) is 15.5 Å². The van der Waals surface area contributed by atoms with Gasteiger partial charge in [-0.05, 0) is 38.1 Å². The predicted octanol–water partition coefficient (Wildman–Crippen LogP) is 3.93. The van der Waals surface area contributed by atoms with Gasteiger partial charge in [0.25, 0.3) is 5.91 Å². The molecule has 29 heavy (non-hydrogen) atoms. The first-order chi connectivity index (χ1) is 14.0. The molecule has 0 atom stereocenters. The average Bonchev–Trinajstić information content (AvgIpc) is 3.07. The molecule has 0 saturated heterocycles. The van der Waals surface area contributed by atoms with Crippen molar-refractivity contribution >= 4 is 17.7 Å². The van der Waals surface area contributed by atoms with Crippen LogP contribution in [0.5, 0.6) is 11.5 Å². The van der Waals surface area contributed by atoms with E-state index in [4.69, 9.17) is 14.0 Å². The lowest BCUT2D eigenvalue weighted by Crippen LogP contribution is -2.24. The number of rotatable bonds is 8. The monoisotopic (exact) mass is 413 g/mol. The molecule has 0 unspecified atom stereocenters. The van der Waals surface area contributed by atoms with Crippen LogP contribution in [0.15, 0.2) is 46.1 Å². The van der Waals surface area contributed by atoms with Gasteiger partial charge in [-0.1, -0.05) is 5.16 Å². The fourth-order valence-corrected chi connectivity index (χ4v) is 3.94. The zero-order valence-corrected chi connectivity index (χ0v) is 17.6. The summed E-state index contributed by atoms with van der Waals surface area (Å²) < 4.78 is 15.8. The molecule has 0 aliphatic heterocycles. The van der Waals surface area contributed by atoms with E-state index < -0.39 is 0 Å². The van der Waals surface area contributed by atoms with Crippen LogP contribution >= 0.6 is 11.8 Å². The van der Waals surface area contributed by atoms with Gasteiger partial charge in [0.1, 0.15) is 22.3 Å². The van der Waals surface area contributed by atoms with Gasteiger partial charge in [0.05, 0.1) is 25.5 Å². The number of hydrogen-bond acceptors (Lipinski definition) is 7. The van der Waals surface area contributed by atoms with Crippen molar-refractivity contribution in [2.24, 2.45) is 0 Å². The average molecular weight is 413 g/mol. The molecule has 2 aromatic heterocycles. The number of aromatic nitrogens is 2. The summed E-state index contributed by atoms with van der Waals surface area (Å²) in [4.78, 5) is 17.2. The number of amides is 1. The quantitative estimate of drug-likeness (QED) is 0.560. The molecule has 0 fully saturated rings. The number of methoxy groups -OCH3 is 2. The van der Waals surface area contributed by atoms with Gasteiger partial charge in [0.2, 0.25) is 0 Å². The Kier molecular flexibility index (Phi) is 6.77. The van der Waals surface area contributed by atoms with Crippen LogP contribution < -0.4 is 14.8 Å². The predicted molar refractivity (Wildman–Crippen MR) is 110 cm³/mol. The summed E-state index contributed by atoms with van der Waals surface area (Å²) >= 11 is 1.48. The first kappa shape index (κ1) is 20.7. The van der Waals surface area contributed by atoms with Crippen molar-refractivity contribution in [2.45, 2.75) is 31.2 Å². The maximum Gasteiger partial charge on any atom is 0.254 e. The third-order valence-corrected chi connectivity index (χ3v) is 5.52. The number of nitrogens with one attached hydrogen (secondary N) is 1. The number of thioether (sulfide) groups is 1. The SMILES string of the molecule is COc1ccc(CNC(=O)c2cccnc2SCc2c(C)noc2C)c(OC)c1. The van der Waals surface area contributed by atoms with Crippen molar-refractivity contribution < 1.29 is 18.8 Å². The minimum absolute atomic E-state index is 0.197. The van der Waals surface area contributed by atoms with Gasteiger partial charge in [-0.2, -0.15) is 0 Å². The largest absolute Gasteiger partial charge is 0.497 e. The molecule has 0 aliphatic carbocycles. The molecule has 8 heteroatoms. The molecule has 2 heterocycles. The van der Waals surface area contributed by atoms with E-state index >= 15 is 0 Å². The maximum absolute atomic E-state index is 12.8. The van der Waals surface area contributed by atoms with Gasteiger partial charge in [0, 0.05) is 35.7 Å². The summed E-state index contributed by atoms with van der Waals surface area (Å²) in [6.07, 6.45) is 1.68. The first-order valence-electron chi connectivity index (χ1n) is 9.02. The van der Waals surface area contributed by atoms with Crippen LogP contribution in [-0.2, 0) is 12.3 Å². The number of carbonyl (C=O) groups excluding carboxylic acids is 1. The molecule has 1 N–H and O–H groups in total. The van der Waals surface area contributed by atoms with Crippen LogP contribution in [0.2, 0.25) is 0 Å². The minimum Gasteiger partial charge on any atom is -0.497 e. The van der Waals surface area contributed by atoms with E-state index in [-0.39, 0.29) is 5.91 Å². The van der Waals surface area contributed by atoms with E-state index in [0.717, 1.165) is 22.6 Å². The standard InChI is InChI=1S/C21H23N3O4S/c1-13-18(14(2)28-24-13)12-29-21-17(6-5-9-22-21)20(25)23-11-15-7-8-16(26-3)10-19(15)27-4/h5-10H,11-12H2,1-4H3,(H,23,25). The van der Waals surface area contributed by atoms with E-state index in [2.05, 4.69) is 15.5 Å². The zero-order valence-electron chi connectivity index (χ0n) is 16.8. The molecule has 0 radical (unpaired) electrons. The molecule has 0 saturated carbocycles. The topological polar surface area (TPSA) is 86.5 Å². The first-order valence-corrected chi connectivity index (χ1v) is 10.0. The molecular weight excluding hydrogens is 390 g/mol. The highest BCUT2D eigenvalue weighted by molar-refractivity contribution is 7.98. The van der Waals surface area contributed by atoms with E-state index in [1.807, 2.05) is 26.0 Å². The van der Waals surface area contributed by atoms with E-state index in [0.29, 0.717) is 34.4 Å². The van der Waals surface area contributed by atoms with Gasteiger partial charge in [-0.3, -0.25) is 4.79 Å². The number of pyridine rings is 1. The molecule has 3 aromatic rings. The van der Waals surface area contributed by atoms with Crippen LogP contribution in [0, 0.1) is 13.8 Å². The summed E-state index contributed by atoms with van der Waals surface area (Å²) in [6, 6.07) is 9.01. The number of carbonyl (C=O) groups is 1. The molecule has 1 aromatic carbocycles. The second-order valence-electron chi connectivity index (χ2n) is 6.31. The second-order valence-corrected chi connectivity index (χ2v) is 7.27. The summed E-state index contributed by atoms with van der Waals surface area (Å²) in [7, 11) is 3.19. The Hall–Kier alpha value is -3.00. The number of hydrogen-bond donors (Lipinski definition) is 1. The van der Waals surface area contributed by atoms with E-state index in [9.17, 15) is 4.79 Å². The Morgan fingerprint density at radius 1 is 1.21 bits per heavy atom. The number of benzene rings is 1. The number of aryl methyl sites for hydroxylation is 2. The lowest BCUT2D eigenvalue weighted by molar-refractivity contribution is 0.0947. The highest BCUT2D eigenvalue weighted by atomic mass is 32.2. The Labute approximate surface area is 173 Å². The molecule has 1 amide bonds. The molecule has 0 bridgehead atoms. The van der Waals surface area contributed by atoms with Gasteiger partial charge in [-0.15, -0.1) is 11.8 Å². The zero-order chi connectivity index (χ0) is 20.8. The Morgan fingerprint density at radius 2 is 2.03 bits per heavy atom. The van der Waals surface area contributed by atoms with Gasteiger partial charge in [-0.25, -0.2) is 4.98 Å². The molecular formula is C21H23N3O4S. The van der Waals surface area contributed by atoms with Crippen molar-refractivity contribution in [3.63, 3.8) is 0 Å². The van der Waals surface area contributed by atoms with E-state index in [1.165, 1.54) is 11.8 Å². The van der Waals surface area contributed by atoms with Crippen LogP contribution in [0.1, 0.15) is 32.9 Å². The third-order valence-electron chi connectivity index (χ3n) is 4.48. The molecule has 0 aliphatic rings. The minimum atomic E-state index is -0.197. The summed E-state index contributed by atoms with van der Waals surface area (Å²) in [6.45, 7) is 4.11. The highest BCUT2D eigenvalue weighted by Gasteiger charge is 2.16. The Balaban J connectivity index is 1.70. The maximum atomic E-state index is 12.8. The number of ether oxygens (including phenoxy) is 2. The van der Waals surface area contributed by atoms with Crippen LogP contribution in [0.25, 0.3) is 0 Å². The van der Waals surface area contributed by atoms with E-state index in [1.54, 1.807) is 38.6 Å². The fourth-order valence-electron chi connectivity index (χ4n) is 2.80. The van der Waals surface area contributed by atoms with Crippen molar-refractivity contribution in [3.8, 4) is 11.5 Å². The van der Waals surface area contributed by atoms with Crippen LogP contribution in [0.4, 0.5) is 0 Å². The summed E-state index contributed by atoms with van der Waals surface area (Å²) in [5, 5.41) is 7.57. The summed E-state index contributed by atoms with van der Waals surface area (Å²) in [5.74, 6) is 2.57. The van der Waals surface area contributed by atoms with Crippen molar-refractivity contribution in [2.75, 3.05) is 14.2 Å². The number of nitrogens with zero attached hydrogens (tertiary/aromatic N) is 2. The third kappa shape index (κ3) is 4.89. The van der Waals surface area contributed by atoms with Gasteiger partial charge < -0.3 is 19.3 Å². The second kappa shape index (κ2) is 9.47. The van der Waals surface area contributed by atoms with Crippen molar-refractivity contribution in [1.29, 1.82) is 0 Å². The highest BCUT2D eigenvalue weighted by Crippen LogP contribution is 2.28. The molecule has 7 nitrogen and oxygen atoms in total. The molecule has 152 valence electrons. The smallest absolute Gasteiger partial charge is 0.254 e. The van der Waals surface area contributed by atoms with Crippen molar-refractivity contribution in [3.05, 3.63) is 64.7 Å². The molecule has 3 rings (SSSR count). The fraction of sp³-hybridized carbons (Fsp3) is 0.286. The van der Waals surface area contributed by atoms with Crippen LogP contribution in [0.3, 0.4) is 0 Å². The normalized spacial score (nSPS) is 10.6. The lowest BCUT2D eigenvalue weighted by atomic mass is 10.2. The van der Waals surface area contributed by atoms with Gasteiger partial charge in [0.15, 0.2) is 0 Å². The van der Waals surface area contributed by atoms with Gasteiger partial charge >= 0.3 is 0 Å². The van der Waals surface area contributed by atoms with Crippen LogP contribution in [-0.4, -0.2) is 30.3 Å². The lowest BCUT2D eigenvalue weighted by Gasteiger charge is -2.12. The summed E-state index contributed by atoms with van der Waals surface area (Å²) in [5.41, 5.74) is 3.26. The Morgan fingerprint density at radius 3 is 2.72 bits per heavy atom. The Bertz CT molecular complexity index is 984. The molecule has 0 spiro atoms.